The van der Waals surface area contributed by atoms with Crippen molar-refractivity contribution in [2.75, 3.05) is 18.6 Å². The Hall–Kier alpha value is -1.65. The first-order chi connectivity index (χ1) is 18.8. The number of carbonyl (C=O) groups excluding carboxylic acids is 3. The summed E-state index contributed by atoms with van der Waals surface area (Å²) in [5, 5.41) is 10.7. The average Bonchev–Trinajstić information content (AvgIpc) is 3.15. The topological polar surface area (TPSA) is 124 Å². The third-order valence-electron chi connectivity index (χ3n) is 7.14. The largest absolute Gasteiger partial charge is 0.465 e. The molecule has 5 atom stereocenters. The van der Waals surface area contributed by atoms with Gasteiger partial charge in [-0.2, -0.15) is 0 Å². The van der Waals surface area contributed by atoms with Crippen molar-refractivity contribution in [2.24, 2.45) is 17.8 Å². The zero-order chi connectivity index (χ0) is 30.2. The molecule has 0 spiro atoms. The van der Waals surface area contributed by atoms with Crippen LogP contribution in [0.15, 0.2) is 24.3 Å². The van der Waals surface area contributed by atoms with E-state index in [1.807, 2.05) is 45.1 Å². The molecule has 8 nitrogen and oxygen atoms in total. The molecule has 40 heavy (non-hydrogen) atoms. The van der Waals surface area contributed by atoms with Gasteiger partial charge in [-0.25, -0.2) is 8.42 Å². The van der Waals surface area contributed by atoms with Crippen LogP contribution in [0.3, 0.4) is 0 Å². The van der Waals surface area contributed by atoms with E-state index in [4.69, 9.17) is 9.47 Å². The van der Waals surface area contributed by atoms with Crippen molar-refractivity contribution in [3.8, 4) is 0 Å². The Morgan fingerprint density at radius 3 is 2.55 bits per heavy atom. The predicted molar refractivity (Wildman–Crippen MR) is 160 cm³/mol. The zero-order valence-corrected chi connectivity index (χ0v) is 26.6. The van der Waals surface area contributed by atoms with Crippen molar-refractivity contribution in [1.29, 1.82) is 0 Å². The molecule has 0 aromatic carbocycles. The summed E-state index contributed by atoms with van der Waals surface area (Å²) >= 11 is 0. The van der Waals surface area contributed by atoms with Crippen LogP contribution in [0.4, 0.5) is 0 Å². The highest BCUT2D eigenvalue weighted by atomic mass is 33.1. The molecule has 1 N–H and O–H groups in total. The van der Waals surface area contributed by atoms with Gasteiger partial charge in [0.15, 0.2) is 8.87 Å². The van der Waals surface area contributed by atoms with Crippen LogP contribution >= 0.6 is 10.8 Å². The van der Waals surface area contributed by atoms with Crippen LogP contribution in [0.25, 0.3) is 0 Å². The molecule has 0 heterocycles. The van der Waals surface area contributed by atoms with Gasteiger partial charge in [-0.1, -0.05) is 64.3 Å². The molecule has 230 valence electrons. The standard InChI is InChI=1S/C30H50O8S2/c1-6-8-17-30(4,34)18-13-15-25-24(26(31)22-27(25)38-29(33)21-23(3)7-2)14-11-9-10-12-16-28(32)37-19-20-39-40(5,35)36/h9,11,13,15,23-25,27,34H,6-8,10,12,14,16-22H2,1-5H3/b11-9-,15-13+/t23?,24-,25-,27-,30+/m1/s1. The lowest BCUT2D eigenvalue weighted by Gasteiger charge is -2.23. The molecule has 1 rings (SSSR count). The van der Waals surface area contributed by atoms with E-state index in [9.17, 15) is 27.9 Å². The zero-order valence-electron chi connectivity index (χ0n) is 24.9. The van der Waals surface area contributed by atoms with Gasteiger partial charge in [0.1, 0.15) is 18.5 Å². The third kappa shape index (κ3) is 16.0. The Labute approximate surface area is 245 Å². The highest BCUT2D eigenvalue weighted by Crippen LogP contribution is 2.36. The van der Waals surface area contributed by atoms with E-state index in [1.54, 1.807) is 0 Å². The number of allylic oxidation sites excluding steroid dienone is 2. The Morgan fingerprint density at radius 1 is 1.18 bits per heavy atom. The van der Waals surface area contributed by atoms with E-state index < -0.39 is 20.6 Å². The fraction of sp³-hybridized carbons (Fsp3) is 0.767. The Morgan fingerprint density at radius 2 is 1.90 bits per heavy atom. The molecule has 1 unspecified atom stereocenters. The first-order valence-corrected chi connectivity index (χ1v) is 17.9. The summed E-state index contributed by atoms with van der Waals surface area (Å²) in [4.78, 5) is 37.3. The monoisotopic (exact) mass is 602 g/mol. The van der Waals surface area contributed by atoms with Crippen molar-refractivity contribution in [2.45, 2.75) is 110 Å². The highest BCUT2D eigenvalue weighted by Gasteiger charge is 2.42. The fourth-order valence-electron chi connectivity index (χ4n) is 4.55. The number of unbranched alkanes of at least 4 members (excludes halogenated alkanes) is 2. The van der Waals surface area contributed by atoms with Crippen LogP contribution in [0.1, 0.15) is 98.3 Å². The van der Waals surface area contributed by atoms with E-state index in [2.05, 4.69) is 6.92 Å². The minimum Gasteiger partial charge on any atom is -0.465 e. The van der Waals surface area contributed by atoms with Gasteiger partial charge in [0.05, 0.1) is 5.60 Å². The van der Waals surface area contributed by atoms with Crippen molar-refractivity contribution in [3.63, 3.8) is 0 Å². The van der Waals surface area contributed by atoms with E-state index in [0.29, 0.717) is 38.5 Å². The van der Waals surface area contributed by atoms with Gasteiger partial charge < -0.3 is 14.6 Å². The summed E-state index contributed by atoms with van der Waals surface area (Å²) < 4.78 is 33.0. The lowest BCUT2D eigenvalue weighted by atomic mass is 9.88. The van der Waals surface area contributed by atoms with Gasteiger partial charge in [0.2, 0.25) is 0 Å². The summed E-state index contributed by atoms with van der Waals surface area (Å²) in [6.45, 7) is 7.99. The van der Waals surface area contributed by atoms with Gasteiger partial charge in [-0.15, -0.1) is 0 Å². The molecular formula is C30H50O8S2. The van der Waals surface area contributed by atoms with Gasteiger partial charge in [0, 0.05) is 43.1 Å². The summed E-state index contributed by atoms with van der Waals surface area (Å²) in [5.74, 6) is -0.719. The highest BCUT2D eigenvalue weighted by molar-refractivity contribution is 8.71. The molecule has 0 aromatic rings. The molecule has 0 aliphatic heterocycles. The molecular weight excluding hydrogens is 552 g/mol. The van der Waals surface area contributed by atoms with Crippen LogP contribution in [-0.2, 0) is 32.7 Å². The van der Waals surface area contributed by atoms with Crippen LogP contribution < -0.4 is 0 Å². The normalized spacial score (nSPS) is 22.1. The molecule has 1 saturated carbocycles. The number of aliphatic hydroxyl groups is 1. The molecule has 0 aromatic heterocycles. The molecule has 1 aliphatic rings. The second-order valence-electron chi connectivity index (χ2n) is 11.2. The maximum atomic E-state index is 12.9. The van der Waals surface area contributed by atoms with Crippen LogP contribution in [0, 0.1) is 17.8 Å². The van der Waals surface area contributed by atoms with E-state index in [0.717, 1.165) is 36.3 Å². The molecule has 1 aliphatic carbocycles. The maximum absolute atomic E-state index is 12.9. The molecule has 0 amide bonds. The lowest BCUT2D eigenvalue weighted by Crippen LogP contribution is -2.26. The van der Waals surface area contributed by atoms with Crippen LogP contribution in [0.5, 0.6) is 0 Å². The number of esters is 2. The van der Waals surface area contributed by atoms with Crippen molar-refractivity contribution in [1.82, 2.24) is 0 Å². The Kier molecular flexibility index (Phi) is 17.0. The number of hydrogen-bond acceptors (Lipinski definition) is 9. The van der Waals surface area contributed by atoms with Crippen LogP contribution in [-0.4, -0.2) is 61.6 Å². The Bertz CT molecular complexity index is 955. The van der Waals surface area contributed by atoms with Gasteiger partial charge in [0.25, 0.3) is 0 Å². The molecule has 10 heteroatoms. The minimum atomic E-state index is -3.14. The van der Waals surface area contributed by atoms with E-state index in [-0.39, 0.29) is 60.7 Å². The molecule has 1 fully saturated rings. The first-order valence-electron chi connectivity index (χ1n) is 14.5. The summed E-state index contributed by atoms with van der Waals surface area (Å²) in [6, 6.07) is 0. The minimum absolute atomic E-state index is 0.0578. The lowest BCUT2D eigenvalue weighted by molar-refractivity contribution is -0.151. The molecule has 0 radical (unpaired) electrons. The number of ether oxygens (including phenoxy) is 2. The Balaban J connectivity index is 2.68. The van der Waals surface area contributed by atoms with Crippen molar-refractivity contribution >= 4 is 37.4 Å². The van der Waals surface area contributed by atoms with E-state index >= 15 is 0 Å². The molecule has 0 bridgehead atoms. The number of Topliss-reactive ketones (excluding diaryl/α,β-unsaturated/α-hetero) is 1. The van der Waals surface area contributed by atoms with Crippen molar-refractivity contribution in [3.05, 3.63) is 24.3 Å². The molecule has 0 saturated heterocycles. The van der Waals surface area contributed by atoms with Gasteiger partial charge in [-0.3, -0.25) is 14.4 Å². The number of carbonyl (C=O) groups is 3. The van der Waals surface area contributed by atoms with Gasteiger partial charge in [-0.05, 0) is 55.7 Å². The second kappa shape index (κ2) is 18.7. The second-order valence-corrected chi connectivity index (χ2v) is 15.8. The summed E-state index contributed by atoms with van der Waals surface area (Å²) in [7, 11) is -2.39. The third-order valence-corrected chi connectivity index (χ3v) is 9.69. The maximum Gasteiger partial charge on any atom is 0.306 e. The van der Waals surface area contributed by atoms with Crippen molar-refractivity contribution < 1.29 is 37.4 Å². The first kappa shape index (κ1) is 36.4. The quantitative estimate of drug-likeness (QED) is 0.0799. The summed E-state index contributed by atoms with van der Waals surface area (Å²) in [6.07, 6.45) is 14.8. The summed E-state index contributed by atoms with van der Waals surface area (Å²) in [5.41, 5.74) is -0.819. The number of hydrogen-bond donors (Lipinski definition) is 1. The van der Waals surface area contributed by atoms with Crippen LogP contribution in [0.2, 0.25) is 0 Å². The SMILES string of the molecule is CCCC[C@](C)(O)C/C=C/[C@H]1[C@H](OC(=O)CC(C)CC)CC(=O)[C@@H]1C/C=C\CCCC(=O)OCCSS(C)(=O)=O. The van der Waals surface area contributed by atoms with E-state index in [1.165, 1.54) is 0 Å². The average molecular weight is 603 g/mol. The van der Waals surface area contributed by atoms with Gasteiger partial charge >= 0.3 is 11.9 Å². The fourth-order valence-corrected chi connectivity index (χ4v) is 6.12. The predicted octanol–water partition coefficient (Wildman–Crippen LogP) is 5.78. The number of rotatable bonds is 20. The number of ketones is 1. The smallest absolute Gasteiger partial charge is 0.306 e.